The van der Waals surface area contributed by atoms with Crippen molar-refractivity contribution in [3.05, 3.63) is 89.9 Å². The van der Waals surface area contributed by atoms with Crippen LogP contribution in [0.2, 0.25) is 0 Å². The van der Waals surface area contributed by atoms with Crippen LogP contribution in [0.25, 0.3) is 0 Å². The summed E-state index contributed by atoms with van der Waals surface area (Å²) in [5.74, 6) is 0.375. The van der Waals surface area contributed by atoms with E-state index in [1.165, 1.54) is 24.3 Å². The van der Waals surface area contributed by atoms with Gasteiger partial charge >= 0.3 is 0 Å². The number of carbonyl (C=O) groups excluding carboxylic acids is 1. The SMILES string of the molecule is CC(CC(=O)c1cccnc1Oc1ccc(F)cc1)c1ccccc1. The number of aromatic nitrogens is 1. The number of hydrogen-bond donors (Lipinski definition) is 0. The van der Waals surface area contributed by atoms with Crippen LogP contribution in [0.1, 0.15) is 35.2 Å². The van der Waals surface area contributed by atoms with Crippen molar-refractivity contribution < 1.29 is 13.9 Å². The van der Waals surface area contributed by atoms with E-state index in [0.29, 0.717) is 17.7 Å². The zero-order valence-electron chi connectivity index (χ0n) is 13.9. The molecule has 3 rings (SSSR count). The van der Waals surface area contributed by atoms with Gasteiger partial charge in [0.1, 0.15) is 11.6 Å². The Labute approximate surface area is 146 Å². The summed E-state index contributed by atoms with van der Waals surface area (Å²) in [6.45, 7) is 2.02. The topological polar surface area (TPSA) is 39.2 Å². The Balaban J connectivity index is 1.77. The van der Waals surface area contributed by atoms with E-state index in [1.807, 2.05) is 37.3 Å². The average molecular weight is 335 g/mol. The van der Waals surface area contributed by atoms with Crippen molar-refractivity contribution in [2.75, 3.05) is 0 Å². The second-order valence-corrected chi connectivity index (χ2v) is 5.85. The number of benzene rings is 2. The van der Waals surface area contributed by atoms with Gasteiger partial charge in [0.05, 0.1) is 5.56 Å². The Bertz CT molecular complexity index is 847. The molecule has 126 valence electrons. The van der Waals surface area contributed by atoms with Crippen LogP contribution in [-0.4, -0.2) is 10.8 Å². The molecule has 1 atom stereocenters. The molecule has 0 aliphatic heterocycles. The zero-order chi connectivity index (χ0) is 17.6. The molecule has 2 aromatic carbocycles. The van der Waals surface area contributed by atoms with E-state index in [1.54, 1.807) is 18.3 Å². The number of Topliss-reactive ketones (excluding diaryl/α,β-unsaturated/α-hetero) is 1. The van der Waals surface area contributed by atoms with E-state index in [-0.39, 0.29) is 23.4 Å². The number of ketones is 1. The highest BCUT2D eigenvalue weighted by molar-refractivity contribution is 5.98. The minimum atomic E-state index is -0.346. The van der Waals surface area contributed by atoms with Gasteiger partial charge in [-0.1, -0.05) is 37.3 Å². The molecule has 3 nitrogen and oxygen atoms in total. The lowest BCUT2D eigenvalue weighted by Gasteiger charge is -2.13. The molecule has 0 aliphatic rings. The summed E-state index contributed by atoms with van der Waals surface area (Å²) < 4.78 is 18.7. The van der Waals surface area contributed by atoms with Crippen molar-refractivity contribution in [3.8, 4) is 11.6 Å². The number of ether oxygens (including phenoxy) is 1. The molecule has 1 heterocycles. The van der Waals surface area contributed by atoms with Crippen molar-refractivity contribution in [1.29, 1.82) is 0 Å². The highest BCUT2D eigenvalue weighted by Crippen LogP contribution is 2.27. The molecular formula is C21H18FNO2. The molecule has 0 radical (unpaired) electrons. The summed E-state index contributed by atoms with van der Waals surface area (Å²) in [5.41, 5.74) is 1.54. The zero-order valence-corrected chi connectivity index (χ0v) is 13.9. The molecule has 0 N–H and O–H groups in total. The number of pyridine rings is 1. The van der Waals surface area contributed by atoms with Crippen molar-refractivity contribution >= 4 is 5.78 Å². The van der Waals surface area contributed by atoms with Gasteiger partial charge in [-0.3, -0.25) is 4.79 Å². The van der Waals surface area contributed by atoms with Crippen LogP contribution in [0.3, 0.4) is 0 Å². The summed E-state index contributed by atoms with van der Waals surface area (Å²) in [6, 6.07) is 18.9. The van der Waals surface area contributed by atoms with Crippen LogP contribution in [0, 0.1) is 5.82 Å². The van der Waals surface area contributed by atoms with Crippen molar-refractivity contribution in [1.82, 2.24) is 4.98 Å². The van der Waals surface area contributed by atoms with E-state index in [4.69, 9.17) is 4.74 Å². The fourth-order valence-corrected chi connectivity index (χ4v) is 2.59. The van der Waals surface area contributed by atoms with Gasteiger partial charge in [-0.25, -0.2) is 9.37 Å². The summed E-state index contributed by atoms with van der Waals surface area (Å²) in [4.78, 5) is 16.9. The summed E-state index contributed by atoms with van der Waals surface area (Å²) in [5, 5.41) is 0. The number of halogens is 1. The van der Waals surface area contributed by atoms with E-state index in [2.05, 4.69) is 4.98 Å². The van der Waals surface area contributed by atoms with Gasteiger partial charge in [0.15, 0.2) is 5.78 Å². The molecular weight excluding hydrogens is 317 g/mol. The number of rotatable bonds is 6. The lowest BCUT2D eigenvalue weighted by molar-refractivity contribution is 0.0972. The van der Waals surface area contributed by atoms with Gasteiger partial charge in [-0.2, -0.15) is 0 Å². The third-order valence-corrected chi connectivity index (χ3v) is 3.96. The third kappa shape index (κ3) is 4.29. The normalized spacial score (nSPS) is 11.8. The molecule has 0 saturated heterocycles. The molecule has 0 aliphatic carbocycles. The van der Waals surface area contributed by atoms with E-state index < -0.39 is 0 Å². The Morgan fingerprint density at radius 2 is 1.76 bits per heavy atom. The monoisotopic (exact) mass is 335 g/mol. The van der Waals surface area contributed by atoms with Crippen LogP contribution in [-0.2, 0) is 0 Å². The Morgan fingerprint density at radius 3 is 2.48 bits per heavy atom. The van der Waals surface area contributed by atoms with Crippen LogP contribution < -0.4 is 4.74 Å². The standard InChI is InChI=1S/C21H18FNO2/c1-15(16-6-3-2-4-7-16)14-20(24)19-8-5-13-23-21(19)25-18-11-9-17(22)10-12-18/h2-13,15H,14H2,1H3. The van der Waals surface area contributed by atoms with Gasteiger partial charge in [0.25, 0.3) is 0 Å². The maximum Gasteiger partial charge on any atom is 0.230 e. The lowest BCUT2D eigenvalue weighted by atomic mass is 9.93. The summed E-state index contributed by atoms with van der Waals surface area (Å²) >= 11 is 0. The number of nitrogens with zero attached hydrogens (tertiary/aromatic N) is 1. The van der Waals surface area contributed by atoms with E-state index in [0.717, 1.165) is 5.56 Å². The first-order valence-electron chi connectivity index (χ1n) is 8.10. The quantitative estimate of drug-likeness (QED) is 0.567. The third-order valence-electron chi connectivity index (χ3n) is 3.96. The second-order valence-electron chi connectivity index (χ2n) is 5.85. The molecule has 4 heteroatoms. The number of carbonyl (C=O) groups is 1. The van der Waals surface area contributed by atoms with Crippen LogP contribution >= 0.6 is 0 Å². The molecule has 3 aromatic rings. The number of hydrogen-bond acceptors (Lipinski definition) is 3. The first-order chi connectivity index (χ1) is 12.1. The fraction of sp³-hybridized carbons (Fsp3) is 0.143. The molecule has 25 heavy (non-hydrogen) atoms. The maximum atomic E-state index is 13.0. The van der Waals surface area contributed by atoms with Crippen molar-refractivity contribution in [2.24, 2.45) is 0 Å². The lowest BCUT2D eigenvalue weighted by Crippen LogP contribution is -2.07. The predicted octanol–water partition coefficient (Wildman–Crippen LogP) is 5.39. The van der Waals surface area contributed by atoms with Gasteiger partial charge in [0.2, 0.25) is 5.88 Å². The van der Waals surface area contributed by atoms with Crippen molar-refractivity contribution in [2.45, 2.75) is 19.3 Å². The predicted molar refractivity (Wildman–Crippen MR) is 94.5 cm³/mol. The van der Waals surface area contributed by atoms with Gasteiger partial charge in [-0.05, 0) is 47.9 Å². The smallest absolute Gasteiger partial charge is 0.230 e. The van der Waals surface area contributed by atoms with Crippen LogP contribution in [0.15, 0.2) is 72.9 Å². The first kappa shape index (κ1) is 16.8. The molecule has 0 spiro atoms. The summed E-state index contributed by atoms with van der Waals surface area (Å²) in [7, 11) is 0. The molecule has 0 saturated carbocycles. The van der Waals surface area contributed by atoms with Crippen molar-refractivity contribution in [3.63, 3.8) is 0 Å². The first-order valence-corrected chi connectivity index (χ1v) is 8.10. The second kappa shape index (κ2) is 7.71. The van der Waals surface area contributed by atoms with Crippen LogP contribution in [0.4, 0.5) is 4.39 Å². The largest absolute Gasteiger partial charge is 0.438 e. The molecule has 1 aromatic heterocycles. The van der Waals surface area contributed by atoms with Gasteiger partial charge in [0, 0.05) is 12.6 Å². The van der Waals surface area contributed by atoms with E-state index >= 15 is 0 Å². The maximum absolute atomic E-state index is 13.0. The highest BCUT2D eigenvalue weighted by Gasteiger charge is 2.18. The minimum absolute atomic E-state index is 0.0402. The Morgan fingerprint density at radius 1 is 1.04 bits per heavy atom. The van der Waals surface area contributed by atoms with Gasteiger partial charge in [-0.15, -0.1) is 0 Å². The Hall–Kier alpha value is -3.01. The minimum Gasteiger partial charge on any atom is -0.438 e. The molecule has 0 fully saturated rings. The molecule has 1 unspecified atom stereocenters. The molecule has 0 amide bonds. The highest BCUT2D eigenvalue weighted by atomic mass is 19.1. The van der Waals surface area contributed by atoms with Crippen LogP contribution in [0.5, 0.6) is 11.6 Å². The average Bonchev–Trinajstić information content (AvgIpc) is 2.64. The van der Waals surface area contributed by atoms with Gasteiger partial charge < -0.3 is 4.74 Å². The van der Waals surface area contributed by atoms with E-state index in [9.17, 15) is 9.18 Å². The summed E-state index contributed by atoms with van der Waals surface area (Å²) in [6.07, 6.45) is 1.92. The Kier molecular flexibility index (Phi) is 5.19. The molecule has 0 bridgehead atoms. The fourth-order valence-electron chi connectivity index (χ4n) is 2.59.